The van der Waals surface area contributed by atoms with E-state index in [1.165, 1.54) is 0 Å². The summed E-state index contributed by atoms with van der Waals surface area (Å²) in [6.07, 6.45) is 6.85. The summed E-state index contributed by atoms with van der Waals surface area (Å²) in [5, 5.41) is 1.15. The van der Waals surface area contributed by atoms with Gasteiger partial charge in [-0.2, -0.15) is 0 Å². The molecule has 1 aromatic carbocycles. The maximum absolute atomic E-state index is 12.7. The number of halogens is 2. The average molecular weight is 445 g/mol. The number of carbonyl (C=O) groups excluding carboxylic acids is 1. The fraction of sp³-hybridized carbons (Fsp3) is 0.391. The minimum Gasteiger partial charge on any atom is -0.339 e. The molecule has 3 heterocycles. The summed E-state index contributed by atoms with van der Waals surface area (Å²) < 4.78 is 1.89. The smallest absolute Gasteiger partial charge is 0.253 e. The number of hydrogen-bond donors (Lipinski definition) is 0. The van der Waals surface area contributed by atoms with Crippen LogP contribution >= 0.6 is 23.2 Å². The van der Waals surface area contributed by atoms with Gasteiger partial charge in [0, 0.05) is 43.6 Å². The maximum Gasteiger partial charge on any atom is 0.253 e. The van der Waals surface area contributed by atoms with E-state index in [2.05, 4.69) is 11.8 Å². The SMILES string of the molecule is CCCN(Cc1cn2cc(Cl)cc(Cl)c2n1)C1CCN(C(=O)c2ccccc2)CC1. The third-order valence-corrected chi connectivity index (χ3v) is 6.17. The van der Waals surface area contributed by atoms with Crippen molar-refractivity contribution in [1.29, 1.82) is 0 Å². The molecule has 0 atom stereocenters. The van der Waals surface area contributed by atoms with E-state index in [0.29, 0.717) is 16.1 Å². The van der Waals surface area contributed by atoms with Gasteiger partial charge in [-0.3, -0.25) is 9.69 Å². The number of pyridine rings is 1. The molecule has 4 rings (SSSR count). The van der Waals surface area contributed by atoms with Crippen molar-refractivity contribution in [2.75, 3.05) is 19.6 Å². The summed E-state index contributed by atoms with van der Waals surface area (Å²) in [7, 11) is 0. The molecule has 0 bridgehead atoms. The number of benzene rings is 1. The third-order valence-electron chi connectivity index (χ3n) is 5.69. The quantitative estimate of drug-likeness (QED) is 0.527. The highest BCUT2D eigenvalue weighted by atomic mass is 35.5. The topological polar surface area (TPSA) is 40.9 Å². The number of aromatic nitrogens is 2. The first-order valence-electron chi connectivity index (χ1n) is 10.5. The van der Waals surface area contributed by atoms with Crippen LogP contribution in [0.15, 0.2) is 48.8 Å². The van der Waals surface area contributed by atoms with E-state index < -0.39 is 0 Å². The summed E-state index contributed by atoms with van der Waals surface area (Å²) in [6.45, 7) is 5.53. The van der Waals surface area contributed by atoms with Crippen molar-refractivity contribution in [1.82, 2.24) is 19.2 Å². The molecule has 5 nitrogen and oxygen atoms in total. The second-order valence-corrected chi connectivity index (χ2v) is 8.67. The Kier molecular flexibility index (Phi) is 6.61. The normalized spacial score (nSPS) is 15.3. The van der Waals surface area contributed by atoms with Crippen LogP contribution in [0.1, 0.15) is 42.2 Å². The van der Waals surface area contributed by atoms with Gasteiger partial charge in [-0.25, -0.2) is 4.98 Å². The van der Waals surface area contributed by atoms with Crippen LogP contribution < -0.4 is 0 Å². The Morgan fingerprint density at radius 3 is 2.60 bits per heavy atom. The van der Waals surface area contributed by atoms with Gasteiger partial charge in [-0.05, 0) is 44.0 Å². The molecule has 0 N–H and O–H groups in total. The molecule has 1 aliphatic rings. The van der Waals surface area contributed by atoms with Crippen molar-refractivity contribution >= 4 is 34.8 Å². The highest BCUT2D eigenvalue weighted by Gasteiger charge is 2.27. The minimum absolute atomic E-state index is 0.128. The first-order valence-corrected chi connectivity index (χ1v) is 11.2. The molecule has 1 saturated heterocycles. The van der Waals surface area contributed by atoms with Gasteiger partial charge in [0.15, 0.2) is 5.65 Å². The van der Waals surface area contributed by atoms with E-state index in [1.807, 2.05) is 52.0 Å². The van der Waals surface area contributed by atoms with Gasteiger partial charge in [0.1, 0.15) is 0 Å². The molecular formula is C23H26Cl2N4O. The molecule has 1 amide bonds. The van der Waals surface area contributed by atoms with Crippen LogP contribution in [0.4, 0.5) is 0 Å². The average Bonchev–Trinajstić information content (AvgIpc) is 3.16. The van der Waals surface area contributed by atoms with Crippen molar-refractivity contribution < 1.29 is 4.79 Å². The van der Waals surface area contributed by atoms with E-state index in [9.17, 15) is 4.79 Å². The molecule has 2 aromatic heterocycles. The highest BCUT2D eigenvalue weighted by molar-refractivity contribution is 6.36. The number of nitrogens with zero attached hydrogens (tertiary/aromatic N) is 4. The number of hydrogen-bond acceptors (Lipinski definition) is 3. The van der Waals surface area contributed by atoms with Gasteiger partial charge in [-0.15, -0.1) is 0 Å². The summed E-state index contributed by atoms with van der Waals surface area (Å²) in [6, 6.07) is 11.7. The second-order valence-electron chi connectivity index (χ2n) is 7.83. The Morgan fingerprint density at radius 1 is 1.17 bits per heavy atom. The summed E-state index contributed by atoms with van der Waals surface area (Å²) in [4.78, 5) is 21.9. The number of fused-ring (bicyclic) bond motifs is 1. The Bertz CT molecular complexity index is 1010. The van der Waals surface area contributed by atoms with Crippen LogP contribution in [0.2, 0.25) is 10.0 Å². The standard InChI is InChI=1S/C23H26Cl2N4O/c1-2-10-28(15-19-16-29-14-18(24)13-21(25)22(29)26-19)20-8-11-27(12-9-20)23(30)17-6-4-3-5-7-17/h3-7,13-14,16,20H,2,8-12,15H2,1H3. The van der Waals surface area contributed by atoms with E-state index in [1.54, 1.807) is 6.07 Å². The number of likely N-dealkylation sites (tertiary alicyclic amines) is 1. The van der Waals surface area contributed by atoms with Crippen molar-refractivity contribution in [3.8, 4) is 0 Å². The third kappa shape index (κ3) is 4.64. The Balaban J connectivity index is 1.43. The molecule has 30 heavy (non-hydrogen) atoms. The summed E-state index contributed by atoms with van der Waals surface area (Å²) in [5.74, 6) is 0.128. The lowest BCUT2D eigenvalue weighted by molar-refractivity contribution is 0.0605. The van der Waals surface area contributed by atoms with E-state index >= 15 is 0 Å². The van der Waals surface area contributed by atoms with Gasteiger partial charge in [-0.1, -0.05) is 48.3 Å². The molecule has 3 aromatic rings. The lowest BCUT2D eigenvalue weighted by atomic mass is 10.0. The molecule has 0 aliphatic carbocycles. The fourth-order valence-corrected chi connectivity index (χ4v) is 4.76. The van der Waals surface area contributed by atoms with Gasteiger partial charge in [0.2, 0.25) is 0 Å². The van der Waals surface area contributed by atoms with Crippen LogP contribution in [0, 0.1) is 0 Å². The zero-order valence-electron chi connectivity index (χ0n) is 17.1. The van der Waals surface area contributed by atoms with Crippen molar-refractivity contribution in [3.05, 3.63) is 70.1 Å². The van der Waals surface area contributed by atoms with Crippen LogP contribution in [-0.4, -0.2) is 50.8 Å². The van der Waals surface area contributed by atoms with E-state index in [4.69, 9.17) is 28.2 Å². The number of rotatable bonds is 6. The molecule has 0 saturated carbocycles. The Labute approximate surface area is 187 Å². The van der Waals surface area contributed by atoms with Crippen molar-refractivity contribution in [3.63, 3.8) is 0 Å². The van der Waals surface area contributed by atoms with Gasteiger partial charge in [0.25, 0.3) is 5.91 Å². The molecule has 0 radical (unpaired) electrons. The molecule has 158 valence electrons. The predicted octanol–water partition coefficient (Wildman–Crippen LogP) is 5.16. The van der Waals surface area contributed by atoms with E-state index in [0.717, 1.165) is 62.3 Å². The molecule has 0 spiro atoms. The van der Waals surface area contributed by atoms with Crippen LogP contribution in [0.25, 0.3) is 5.65 Å². The predicted molar refractivity (Wildman–Crippen MR) is 121 cm³/mol. The van der Waals surface area contributed by atoms with Crippen LogP contribution in [-0.2, 0) is 6.54 Å². The summed E-state index contributed by atoms with van der Waals surface area (Å²) >= 11 is 12.4. The van der Waals surface area contributed by atoms with Gasteiger partial charge >= 0.3 is 0 Å². The number of imidazole rings is 1. The van der Waals surface area contributed by atoms with Crippen molar-refractivity contribution in [2.45, 2.75) is 38.8 Å². The highest BCUT2D eigenvalue weighted by Crippen LogP contribution is 2.24. The molecule has 7 heteroatoms. The number of piperidine rings is 1. The second kappa shape index (κ2) is 9.38. The lowest BCUT2D eigenvalue weighted by Gasteiger charge is -2.38. The lowest BCUT2D eigenvalue weighted by Crippen LogP contribution is -2.46. The largest absolute Gasteiger partial charge is 0.339 e. The minimum atomic E-state index is 0.128. The Hall–Kier alpha value is -2.08. The summed E-state index contributed by atoms with van der Waals surface area (Å²) in [5.41, 5.74) is 2.48. The van der Waals surface area contributed by atoms with Crippen LogP contribution in [0.3, 0.4) is 0 Å². The van der Waals surface area contributed by atoms with Gasteiger partial charge in [0.05, 0.1) is 15.7 Å². The molecule has 0 unspecified atom stereocenters. The maximum atomic E-state index is 12.7. The first-order chi connectivity index (χ1) is 14.5. The zero-order valence-corrected chi connectivity index (χ0v) is 18.6. The van der Waals surface area contributed by atoms with E-state index in [-0.39, 0.29) is 5.91 Å². The Morgan fingerprint density at radius 2 is 1.90 bits per heavy atom. The van der Waals surface area contributed by atoms with Crippen molar-refractivity contribution in [2.24, 2.45) is 0 Å². The van der Waals surface area contributed by atoms with Crippen LogP contribution in [0.5, 0.6) is 0 Å². The zero-order chi connectivity index (χ0) is 21.1. The fourth-order valence-electron chi connectivity index (χ4n) is 4.23. The first kappa shape index (κ1) is 21.2. The molecule has 1 fully saturated rings. The monoisotopic (exact) mass is 444 g/mol. The van der Waals surface area contributed by atoms with Gasteiger partial charge < -0.3 is 9.30 Å². The molecule has 1 aliphatic heterocycles. The number of carbonyl (C=O) groups is 1. The number of amides is 1. The molecular weight excluding hydrogens is 419 g/mol.